The van der Waals surface area contributed by atoms with Gasteiger partial charge in [0.05, 0.1) is 58.4 Å². The summed E-state index contributed by atoms with van der Waals surface area (Å²) in [6, 6.07) is 23.9. The molecule has 2 N–H and O–H groups in total. The fraction of sp³-hybridized carbons (Fsp3) is 0.735. The fourth-order valence-corrected chi connectivity index (χ4v) is 16.9. The Balaban J connectivity index is 0.000000259. The number of anilines is 1. The van der Waals surface area contributed by atoms with E-state index in [0.29, 0.717) is 48.7 Å². The molecule has 6 saturated carbocycles. The second-order valence-corrected chi connectivity index (χ2v) is 40.8. The molecular formula is C102H163NO19. The second-order valence-electron chi connectivity index (χ2n) is 40.8. The van der Waals surface area contributed by atoms with Crippen molar-refractivity contribution < 1.29 is 90.8 Å². The van der Waals surface area contributed by atoms with E-state index in [-0.39, 0.29) is 151 Å². The highest BCUT2D eigenvalue weighted by atomic mass is 16.7. The van der Waals surface area contributed by atoms with Crippen LogP contribution in [-0.2, 0) is 86.3 Å². The minimum atomic E-state index is -0.433. The Labute approximate surface area is 734 Å². The molecular weight excluding hydrogens is 1540 g/mol. The lowest BCUT2D eigenvalue weighted by atomic mass is 9.71. The monoisotopic (exact) mass is 1710 g/mol. The first-order valence-corrected chi connectivity index (χ1v) is 45.4. The largest absolute Gasteiger partial charge is 0.507 e. The van der Waals surface area contributed by atoms with Crippen molar-refractivity contribution in [3.8, 4) is 11.5 Å². The van der Waals surface area contributed by atoms with Crippen molar-refractivity contribution in [1.29, 1.82) is 0 Å². The molecule has 690 valence electrons. The van der Waals surface area contributed by atoms with Gasteiger partial charge in [0.1, 0.15) is 41.5 Å². The highest BCUT2D eigenvalue weighted by Crippen LogP contribution is 2.61. The molecule has 4 bridgehead atoms. The van der Waals surface area contributed by atoms with Crippen LogP contribution in [0.4, 0.5) is 5.69 Å². The summed E-state index contributed by atoms with van der Waals surface area (Å²) in [5, 5.41) is 16.9. The van der Waals surface area contributed by atoms with E-state index >= 15 is 0 Å². The van der Waals surface area contributed by atoms with Crippen LogP contribution < -0.4 is 10.1 Å². The number of rotatable bonds is 26. The van der Waals surface area contributed by atoms with Crippen LogP contribution in [0.25, 0.3) is 21.5 Å². The molecule has 11 atom stereocenters. The summed E-state index contributed by atoms with van der Waals surface area (Å²) in [4.78, 5) is 84.5. The minimum Gasteiger partial charge on any atom is -0.507 e. The number of amides is 1. The summed E-state index contributed by atoms with van der Waals surface area (Å²) in [5.41, 5.74) is -0.0436. The lowest BCUT2D eigenvalue weighted by Crippen LogP contribution is -2.39. The maximum atomic E-state index is 12.2. The first-order chi connectivity index (χ1) is 56.1. The molecule has 1 spiro atoms. The number of phenols is 1. The molecule has 4 aromatic carbocycles. The predicted molar refractivity (Wildman–Crippen MR) is 486 cm³/mol. The molecule has 20 nitrogen and oxygen atoms in total. The Morgan fingerprint density at radius 1 is 0.500 bits per heavy atom. The number of phenolic OH excluding ortho intramolecular Hbond substituents is 1. The lowest BCUT2D eigenvalue weighted by Gasteiger charge is -2.34. The number of cyclic esters (lactones) is 2. The van der Waals surface area contributed by atoms with E-state index in [2.05, 4.69) is 111 Å². The van der Waals surface area contributed by atoms with Crippen LogP contribution in [0.2, 0.25) is 0 Å². The molecule has 0 aromatic heterocycles. The van der Waals surface area contributed by atoms with Gasteiger partial charge in [-0.05, 0) is 268 Å². The maximum absolute atomic E-state index is 12.2. The number of methoxy groups -OCH3 is 2. The van der Waals surface area contributed by atoms with Gasteiger partial charge in [0.15, 0.2) is 12.6 Å². The van der Waals surface area contributed by atoms with Gasteiger partial charge in [-0.15, -0.1) is 0 Å². The zero-order chi connectivity index (χ0) is 89.4. The Bertz CT molecular complexity index is 3950. The molecule has 4 aromatic rings. The van der Waals surface area contributed by atoms with Crippen molar-refractivity contribution >= 4 is 69.0 Å². The summed E-state index contributed by atoms with van der Waals surface area (Å²) in [5.74, 6) is 3.14. The number of nitrogens with one attached hydrogen (secondary N) is 1. The topological polar surface area (TPSA) is 253 Å². The molecule has 8 fully saturated rings. The van der Waals surface area contributed by atoms with Crippen LogP contribution in [0, 0.1) is 79.8 Å². The molecule has 2 saturated heterocycles. The molecule has 11 unspecified atom stereocenters. The number of fused-ring (bicyclic) bond motifs is 10. The number of ether oxygens (including phenoxy) is 11. The van der Waals surface area contributed by atoms with Gasteiger partial charge in [-0.25, -0.2) is 0 Å². The summed E-state index contributed by atoms with van der Waals surface area (Å²) >= 11 is 0. The van der Waals surface area contributed by atoms with Crippen molar-refractivity contribution in [3.63, 3.8) is 0 Å². The Morgan fingerprint density at radius 2 is 0.959 bits per heavy atom. The summed E-state index contributed by atoms with van der Waals surface area (Å²) in [6.45, 7) is 51.9. The highest BCUT2D eigenvalue weighted by Gasteiger charge is 2.63. The number of benzene rings is 4. The predicted octanol–water partition coefficient (Wildman–Crippen LogP) is 23.6. The quantitative estimate of drug-likeness (QED) is 0.0256. The van der Waals surface area contributed by atoms with Gasteiger partial charge in [-0.2, -0.15) is 0 Å². The van der Waals surface area contributed by atoms with Crippen LogP contribution in [0.1, 0.15) is 322 Å². The van der Waals surface area contributed by atoms with E-state index in [0.717, 1.165) is 151 Å². The summed E-state index contributed by atoms with van der Waals surface area (Å²) < 4.78 is 61.7. The third kappa shape index (κ3) is 27.6. The van der Waals surface area contributed by atoms with Gasteiger partial charge in [0.25, 0.3) is 0 Å². The average molecular weight is 1710 g/mol. The van der Waals surface area contributed by atoms with Gasteiger partial charge in [0, 0.05) is 59.8 Å². The van der Waals surface area contributed by atoms with E-state index < -0.39 is 16.2 Å². The molecule has 20 heteroatoms. The molecule has 2 heterocycles. The van der Waals surface area contributed by atoms with Gasteiger partial charge in [0.2, 0.25) is 5.91 Å². The number of carbonyl (C=O) groups is 7. The van der Waals surface area contributed by atoms with Gasteiger partial charge < -0.3 is 62.5 Å². The SMILES string of the molecule is C.C.CCC(C)(C)C(=O)Nc1ccc(O)c2ccccc12.CCC(C)(C)C(=O)OC1CC2CC1C1C(=O)OCC21.CCC(C)(C)C(=O)OC1CC2CC1CC21CCOC1=O.CCC(C)(C)C(=O)OC1CCC(OC(OC)C(C)C)CC1.CCC(C)(C)C(=O)OC1CCC(OC(OC)C(C)C)CC1.CCC(C)(C)c1ccc2cc(OC(C)(C)C)ccc2c1. The molecule has 2 aliphatic heterocycles. The van der Waals surface area contributed by atoms with Gasteiger partial charge >= 0.3 is 35.8 Å². The zero-order valence-corrected chi connectivity index (χ0v) is 78.5. The smallest absolute Gasteiger partial charge is 0.312 e. The zero-order valence-electron chi connectivity index (χ0n) is 78.5. The molecule has 12 rings (SSSR count). The lowest BCUT2D eigenvalue weighted by molar-refractivity contribution is -0.190. The van der Waals surface area contributed by atoms with Crippen molar-refractivity contribution in [1.82, 2.24) is 0 Å². The van der Waals surface area contributed by atoms with Crippen LogP contribution in [0.3, 0.4) is 0 Å². The first kappa shape index (κ1) is 106. The van der Waals surface area contributed by atoms with Gasteiger partial charge in [-0.1, -0.05) is 160 Å². The third-order valence-corrected chi connectivity index (χ3v) is 27.8. The van der Waals surface area contributed by atoms with E-state index in [1.54, 1.807) is 26.4 Å². The fourth-order valence-electron chi connectivity index (χ4n) is 16.9. The number of hydrogen-bond donors (Lipinski definition) is 2. The number of carbonyl (C=O) groups excluding carboxylic acids is 7. The Hall–Kier alpha value is -6.87. The van der Waals surface area contributed by atoms with E-state index in [1.807, 2.05) is 128 Å². The standard InChI is InChI=1S/C19H26O.2C17H32O4.C16H19NO2.C16H24O4.C15H22O4.2CH4/c1-7-19(5,6)16-10-8-15-13-17(20-18(2,3)4)11-9-14(15)12-16;2*1-7-17(4,5)16(18)21-14-10-8-13(9-11-14)20-15(19-6)12(2)3;1-4-16(2,3)15(19)17-13-9-10-14(18)12-8-6-5-7-11(12)13;1-4-15(2,3)13(17)20-12-8-11-7-10(12)9-16(11)5-6-19-14(16)18;1-4-15(2,3)14(17)19-11-6-8-5-9(11)12-10(8)7-18-13(12)16;;/h8-13H,7H2,1-6H3;2*12-15H,7-11H2,1-6H3;5-10,18H,4H2,1-3H3,(H,17,19);10-12H,4-9H2,1-3H3;8-12H,4-7H2,1-3H3;2*1H4. The van der Waals surface area contributed by atoms with Crippen molar-refractivity contribution in [3.05, 3.63) is 78.4 Å². The van der Waals surface area contributed by atoms with Crippen molar-refractivity contribution in [2.24, 2.45) is 79.8 Å². The van der Waals surface area contributed by atoms with Crippen LogP contribution in [-0.4, -0.2) is 129 Å². The van der Waals surface area contributed by atoms with Crippen LogP contribution in [0.5, 0.6) is 11.5 Å². The summed E-state index contributed by atoms with van der Waals surface area (Å²) in [6.07, 6.45) is 17.9. The van der Waals surface area contributed by atoms with E-state index in [1.165, 1.54) is 16.3 Å². The van der Waals surface area contributed by atoms with Crippen LogP contribution >= 0.6 is 0 Å². The van der Waals surface area contributed by atoms with Gasteiger partial charge in [-0.3, -0.25) is 33.6 Å². The minimum absolute atomic E-state index is 0. The first-order valence-electron chi connectivity index (χ1n) is 45.4. The second kappa shape index (κ2) is 45.0. The maximum Gasteiger partial charge on any atom is 0.312 e. The van der Waals surface area contributed by atoms with Crippen molar-refractivity contribution in [2.75, 3.05) is 32.8 Å². The van der Waals surface area contributed by atoms with Crippen LogP contribution in [0.15, 0.2) is 72.8 Å². The molecule has 6 aliphatic carbocycles. The molecule has 8 aliphatic rings. The number of hydrogen-bond acceptors (Lipinski definition) is 19. The molecule has 1 amide bonds. The Morgan fingerprint density at radius 3 is 1.39 bits per heavy atom. The highest BCUT2D eigenvalue weighted by molar-refractivity contribution is 6.05. The number of esters is 6. The third-order valence-electron chi connectivity index (χ3n) is 27.8. The van der Waals surface area contributed by atoms with Crippen molar-refractivity contribution in [2.45, 2.75) is 377 Å². The number of aromatic hydroxyl groups is 1. The van der Waals surface area contributed by atoms with E-state index in [9.17, 15) is 38.7 Å². The average Bonchev–Trinajstić information content (AvgIpc) is 1.58. The van der Waals surface area contributed by atoms with E-state index in [4.69, 9.17) is 52.1 Å². The Kier molecular flexibility index (Phi) is 39.0. The summed E-state index contributed by atoms with van der Waals surface area (Å²) in [7, 11) is 3.37. The molecule has 122 heavy (non-hydrogen) atoms. The molecule has 0 radical (unpaired) electrons. The normalized spacial score (nSPS) is 25.2.